The van der Waals surface area contributed by atoms with E-state index in [1.807, 2.05) is 61.8 Å². The van der Waals surface area contributed by atoms with Gasteiger partial charge >= 0.3 is 0 Å². The summed E-state index contributed by atoms with van der Waals surface area (Å²) in [5.41, 5.74) is 5.72. The minimum atomic E-state index is -0.897. The molecule has 2 aromatic heterocycles. The van der Waals surface area contributed by atoms with Crippen LogP contribution in [0.25, 0.3) is 21.5 Å². The maximum Gasteiger partial charge on any atom is 0.130 e. The normalized spacial score (nSPS) is 13.2. The highest BCUT2D eigenvalue weighted by molar-refractivity contribution is 7.16. The number of aromatic nitrogens is 3. The number of hydrogen-bond donors (Lipinski definition) is 3. The summed E-state index contributed by atoms with van der Waals surface area (Å²) in [4.78, 5) is 13.5. The number of benzene rings is 2. The topological polar surface area (TPSA) is 100 Å². The predicted octanol–water partition coefficient (Wildman–Crippen LogP) is 3.97. The summed E-state index contributed by atoms with van der Waals surface area (Å²) in [5, 5.41) is 21.9. The van der Waals surface area contributed by atoms with Crippen molar-refractivity contribution in [3.63, 3.8) is 0 Å². The van der Waals surface area contributed by atoms with E-state index in [2.05, 4.69) is 26.3 Å². The average Bonchev–Trinajstić information content (AvgIpc) is 3.25. The van der Waals surface area contributed by atoms with Crippen molar-refractivity contribution in [2.24, 2.45) is 0 Å². The number of nitrogens with zero attached hydrogens (tertiary/aromatic N) is 3. The van der Waals surface area contributed by atoms with Gasteiger partial charge in [0.2, 0.25) is 0 Å². The van der Waals surface area contributed by atoms with Gasteiger partial charge in [0.1, 0.15) is 30.1 Å². The fraction of sp³-hybridized carbons (Fsp3) is 0.261. The van der Waals surface area contributed by atoms with Crippen molar-refractivity contribution < 1.29 is 14.9 Å². The monoisotopic (exact) mass is 436 g/mol. The van der Waals surface area contributed by atoms with Crippen molar-refractivity contribution >= 4 is 27.4 Å². The van der Waals surface area contributed by atoms with E-state index in [9.17, 15) is 5.11 Å². The highest BCUT2D eigenvalue weighted by Crippen LogP contribution is 2.28. The zero-order valence-corrected chi connectivity index (χ0v) is 18.1. The Hall–Kier alpha value is -3.07. The lowest BCUT2D eigenvalue weighted by Crippen LogP contribution is -2.21. The van der Waals surface area contributed by atoms with Crippen molar-refractivity contribution in [2.75, 3.05) is 18.5 Å². The number of aliphatic hydroxyl groups is 2. The van der Waals surface area contributed by atoms with Crippen LogP contribution in [0, 0.1) is 6.92 Å². The number of anilines is 1. The Morgan fingerprint density at radius 2 is 2.00 bits per heavy atom. The molecule has 2 aromatic carbocycles. The molecule has 160 valence electrons. The Morgan fingerprint density at radius 3 is 2.84 bits per heavy atom. The standard InChI is InChI=1S/C23H24N4O3S/c1-14(16-4-3-5-19(8-16)30-12-18(29)11-28)25-23-10-21(26-15(2)27-23)17-6-7-20-22(9-17)31-13-24-20/h3-10,13-14,18,28-29H,11-12H2,1-2H3,(H,25,26,27). The van der Waals surface area contributed by atoms with E-state index in [1.54, 1.807) is 11.3 Å². The Kier molecular flexibility index (Phi) is 6.41. The first-order valence-electron chi connectivity index (χ1n) is 9.99. The molecule has 2 unspecified atom stereocenters. The van der Waals surface area contributed by atoms with E-state index < -0.39 is 6.10 Å². The molecule has 3 N–H and O–H groups in total. The number of rotatable bonds is 8. The minimum Gasteiger partial charge on any atom is -0.491 e. The molecule has 4 aromatic rings. The summed E-state index contributed by atoms with van der Waals surface area (Å²) < 4.78 is 6.68. The summed E-state index contributed by atoms with van der Waals surface area (Å²) in [5.74, 6) is 2.06. The second-order valence-corrected chi connectivity index (χ2v) is 8.19. The summed E-state index contributed by atoms with van der Waals surface area (Å²) in [6.45, 7) is 3.64. The van der Waals surface area contributed by atoms with Crippen LogP contribution in [-0.2, 0) is 0 Å². The lowest BCUT2D eigenvalue weighted by Gasteiger charge is -2.17. The minimum absolute atomic E-state index is 0.0301. The molecule has 8 heteroatoms. The molecule has 0 aliphatic rings. The number of thiazole rings is 1. The smallest absolute Gasteiger partial charge is 0.130 e. The highest BCUT2D eigenvalue weighted by Gasteiger charge is 2.11. The van der Waals surface area contributed by atoms with Gasteiger partial charge in [0, 0.05) is 11.6 Å². The molecule has 0 fully saturated rings. The molecule has 2 atom stereocenters. The lowest BCUT2D eigenvalue weighted by molar-refractivity contribution is 0.0536. The third-order valence-corrected chi connectivity index (χ3v) is 5.63. The molecule has 4 rings (SSSR count). The summed E-state index contributed by atoms with van der Waals surface area (Å²) >= 11 is 1.61. The molecule has 0 bridgehead atoms. The molecule has 0 spiro atoms. The molecule has 0 aliphatic carbocycles. The van der Waals surface area contributed by atoms with Crippen LogP contribution in [0.5, 0.6) is 5.75 Å². The van der Waals surface area contributed by atoms with Gasteiger partial charge in [0.15, 0.2) is 0 Å². The van der Waals surface area contributed by atoms with Crippen LogP contribution < -0.4 is 10.1 Å². The Labute approximate surface area is 184 Å². The van der Waals surface area contributed by atoms with Crippen LogP contribution >= 0.6 is 11.3 Å². The fourth-order valence-corrected chi connectivity index (χ4v) is 3.94. The molecule has 0 saturated carbocycles. The van der Waals surface area contributed by atoms with E-state index in [1.165, 1.54) is 0 Å². The summed E-state index contributed by atoms with van der Waals surface area (Å²) in [6, 6.07) is 15.7. The van der Waals surface area contributed by atoms with Gasteiger partial charge in [-0.1, -0.05) is 18.2 Å². The third kappa shape index (κ3) is 5.16. The number of hydrogen-bond acceptors (Lipinski definition) is 8. The first kappa shape index (κ1) is 21.2. The fourth-order valence-electron chi connectivity index (χ4n) is 3.23. The maximum atomic E-state index is 9.48. The predicted molar refractivity (Wildman–Crippen MR) is 122 cm³/mol. The van der Waals surface area contributed by atoms with Gasteiger partial charge in [-0.2, -0.15) is 0 Å². The van der Waals surface area contributed by atoms with Gasteiger partial charge in [0.05, 0.1) is 34.1 Å². The van der Waals surface area contributed by atoms with Crippen LogP contribution in [0.15, 0.2) is 54.0 Å². The third-order valence-electron chi connectivity index (χ3n) is 4.84. The van der Waals surface area contributed by atoms with Crippen molar-refractivity contribution in [1.29, 1.82) is 0 Å². The Bertz CT molecular complexity index is 1180. The van der Waals surface area contributed by atoms with Crippen LogP contribution in [0.3, 0.4) is 0 Å². The molecule has 0 saturated heterocycles. The number of aryl methyl sites for hydroxylation is 1. The zero-order chi connectivity index (χ0) is 21.8. The molecule has 7 nitrogen and oxygen atoms in total. The number of aliphatic hydroxyl groups excluding tert-OH is 2. The van der Waals surface area contributed by atoms with Crippen molar-refractivity contribution in [1.82, 2.24) is 15.0 Å². The second-order valence-electron chi connectivity index (χ2n) is 7.31. The first-order valence-corrected chi connectivity index (χ1v) is 10.9. The number of fused-ring (bicyclic) bond motifs is 1. The number of nitrogens with one attached hydrogen (secondary N) is 1. The van der Waals surface area contributed by atoms with Gasteiger partial charge in [-0.15, -0.1) is 11.3 Å². The quantitative estimate of drug-likeness (QED) is 0.384. The Balaban J connectivity index is 1.52. The van der Waals surface area contributed by atoms with Gasteiger partial charge in [0.25, 0.3) is 0 Å². The summed E-state index contributed by atoms with van der Waals surface area (Å²) in [6.07, 6.45) is -0.897. The summed E-state index contributed by atoms with van der Waals surface area (Å²) in [7, 11) is 0. The average molecular weight is 437 g/mol. The van der Waals surface area contributed by atoms with Gasteiger partial charge in [-0.25, -0.2) is 15.0 Å². The van der Waals surface area contributed by atoms with Crippen LogP contribution in [-0.4, -0.2) is 44.5 Å². The van der Waals surface area contributed by atoms with Crippen LogP contribution in [0.1, 0.15) is 24.4 Å². The van der Waals surface area contributed by atoms with Crippen molar-refractivity contribution in [3.8, 4) is 17.0 Å². The molecular weight excluding hydrogens is 412 g/mol. The molecule has 0 radical (unpaired) electrons. The van der Waals surface area contributed by atoms with Gasteiger partial charge < -0.3 is 20.3 Å². The van der Waals surface area contributed by atoms with Crippen molar-refractivity contribution in [2.45, 2.75) is 26.0 Å². The van der Waals surface area contributed by atoms with E-state index in [0.29, 0.717) is 11.6 Å². The molecule has 0 amide bonds. The molecular formula is C23H24N4O3S. The van der Waals surface area contributed by atoms with E-state index in [4.69, 9.17) is 9.84 Å². The maximum absolute atomic E-state index is 9.48. The van der Waals surface area contributed by atoms with Crippen molar-refractivity contribution in [3.05, 3.63) is 65.4 Å². The zero-order valence-electron chi connectivity index (χ0n) is 17.3. The Morgan fingerprint density at radius 1 is 1.13 bits per heavy atom. The molecule has 2 heterocycles. The number of ether oxygens (including phenoxy) is 1. The second kappa shape index (κ2) is 9.38. The highest BCUT2D eigenvalue weighted by atomic mass is 32.1. The molecule has 0 aliphatic heterocycles. The van der Waals surface area contributed by atoms with Crippen LogP contribution in [0.2, 0.25) is 0 Å². The van der Waals surface area contributed by atoms with E-state index >= 15 is 0 Å². The molecule has 31 heavy (non-hydrogen) atoms. The van der Waals surface area contributed by atoms with E-state index in [0.717, 1.165) is 32.9 Å². The SMILES string of the molecule is Cc1nc(NC(C)c2cccc(OCC(O)CO)c2)cc(-c2ccc3ncsc3c2)n1. The van der Waals surface area contributed by atoms with E-state index in [-0.39, 0.29) is 19.3 Å². The first-order chi connectivity index (χ1) is 15.0. The van der Waals surface area contributed by atoms with Crippen LogP contribution in [0.4, 0.5) is 5.82 Å². The van der Waals surface area contributed by atoms with Gasteiger partial charge in [-0.05, 0) is 43.7 Å². The van der Waals surface area contributed by atoms with Gasteiger partial charge in [-0.3, -0.25) is 0 Å². The largest absolute Gasteiger partial charge is 0.491 e. The lowest BCUT2D eigenvalue weighted by atomic mass is 10.1.